The number of aromatic nitrogens is 2. The van der Waals surface area contributed by atoms with Crippen LogP contribution in [-0.2, 0) is 6.42 Å². The van der Waals surface area contributed by atoms with E-state index in [0.29, 0.717) is 0 Å². The predicted molar refractivity (Wildman–Crippen MR) is 60.2 cm³/mol. The van der Waals surface area contributed by atoms with Gasteiger partial charge in [0.15, 0.2) is 0 Å². The number of hydrogen-bond acceptors (Lipinski definition) is 2. The molecule has 0 amide bonds. The molecule has 1 aromatic heterocycles. The maximum absolute atomic E-state index is 4.36. The van der Waals surface area contributed by atoms with Crippen LogP contribution in [-0.4, -0.2) is 9.97 Å². The monoisotopic (exact) mass is 194 g/mol. The van der Waals surface area contributed by atoms with E-state index in [9.17, 15) is 0 Å². The smallest absolute Gasteiger partial charge is 0.116 e. The number of rotatable bonds is 1. The Morgan fingerprint density at radius 3 is 2.73 bits per heavy atom. The number of benzene rings is 1. The zero-order valence-electron chi connectivity index (χ0n) is 8.22. The Morgan fingerprint density at radius 1 is 1.00 bits per heavy atom. The van der Waals surface area contributed by atoms with E-state index >= 15 is 0 Å². The Kier molecular flexibility index (Phi) is 1.85. The highest BCUT2D eigenvalue weighted by molar-refractivity contribution is 5.75. The maximum atomic E-state index is 4.36. The van der Waals surface area contributed by atoms with E-state index in [4.69, 9.17) is 0 Å². The van der Waals surface area contributed by atoms with Crippen LogP contribution in [0.1, 0.15) is 11.3 Å². The molecule has 0 saturated heterocycles. The maximum Gasteiger partial charge on any atom is 0.116 e. The van der Waals surface area contributed by atoms with E-state index in [1.165, 1.54) is 5.56 Å². The molecular weight excluding hydrogens is 184 g/mol. The molecule has 0 aliphatic heterocycles. The summed E-state index contributed by atoms with van der Waals surface area (Å²) in [6.07, 6.45) is 6.81. The minimum absolute atomic E-state index is 0.928. The van der Waals surface area contributed by atoms with Crippen molar-refractivity contribution in [3.05, 3.63) is 54.0 Å². The third kappa shape index (κ3) is 1.34. The second kappa shape index (κ2) is 3.31. The lowest BCUT2D eigenvalue weighted by Crippen LogP contribution is -1.94. The summed E-state index contributed by atoms with van der Waals surface area (Å²) in [4.78, 5) is 8.63. The fraction of sp³-hybridized carbons (Fsp3) is 0.0769. The average Bonchev–Trinajstić information content (AvgIpc) is 2.78. The largest absolute Gasteiger partial charge is 0.240 e. The van der Waals surface area contributed by atoms with Crippen molar-refractivity contribution in [2.24, 2.45) is 0 Å². The summed E-state index contributed by atoms with van der Waals surface area (Å²) in [5, 5.41) is 0. The van der Waals surface area contributed by atoms with Crippen molar-refractivity contribution in [3.8, 4) is 11.3 Å². The van der Waals surface area contributed by atoms with E-state index in [-0.39, 0.29) is 0 Å². The van der Waals surface area contributed by atoms with Crippen molar-refractivity contribution in [2.45, 2.75) is 6.42 Å². The lowest BCUT2D eigenvalue weighted by Gasteiger charge is -2.05. The van der Waals surface area contributed by atoms with Crippen LogP contribution in [0, 0.1) is 0 Å². The average molecular weight is 194 g/mol. The molecule has 1 heterocycles. The molecule has 1 aliphatic carbocycles. The van der Waals surface area contributed by atoms with Crippen molar-refractivity contribution in [3.63, 3.8) is 0 Å². The molecule has 0 atom stereocenters. The van der Waals surface area contributed by atoms with E-state index in [1.54, 1.807) is 6.33 Å². The van der Waals surface area contributed by atoms with Crippen molar-refractivity contribution < 1.29 is 0 Å². The van der Waals surface area contributed by atoms with Gasteiger partial charge in [0.25, 0.3) is 0 Å². The van der Waals surface area contributed by atoms with Gasteiger partial charge in [-0.05, 0) is 0 Å². The van der Waals surface area contributed by atoms with Crippen molar-refractivity contribution in [1.29, 1.82) is 0 Å². The van der Waals surface area contributed by atoms with Gasteiger partial charge < -0.3 is 0 Å². The third-order valence-electron chi connectivity index (χ3n) is 2.61. The van der Waals surface area contributed by atoms with E-state index < -0.39 is 0 Å². The Labute approximate surface area is 88.3 Å². The normalized spacial score (nSPS) is 12.8. The second-order valence-electron chi connectivity index (χ2n) is 3.56. The zero-order chi connectivity index (χ0) is 10.1. The summed E-state index contributed by atoms with van der Waals surface area (Å²) in [6.45, 7) is 0. The minimum atomic E-state index is 0.928. The number of nitrogens with zero attached hydrogens (tertiary/aromatic N) is 2. The number of fused-ring (bicyclic) bond motifs is 1. The van der Waals surface area contributed by atoms with Gasteiger partial charge in [0.1, 0.15) is 6.33 Å². The molecule has 0 unspecified atom stereocenters. The van der Waals surface area contributed by atoms with Gasteiger partial charge in [0.2, 0.25) is 0 Å². The van der Waals surface area contributed by atoms with Crippen LogP contribution in [0.25, 0.3) is 17.3 Å². The van der Waals surface area contributed by atoms with Crippen LogP contribution in [0.3, 0.4) is 0 Å². The Balaban J connectivity index is 2.21. The van der Waals surface area contributed by atoms with Gasteiger partial charge in [0.05, 0.1) is 11.4 Å². The van der Waals surface area contributed by atoms with E-state index in [1.807, 2.05) is 18.2 Å². The number of allylic oxidation sites excluding steroid dienone is 1. The molecule has 0 saturated carbocycles. The van der Waals surface area contributed by atoms with E-state index in [0.717, 1.165) is 23.4 Å². The zero-order valence-corrected chi connectivity index (χ0v) is 8.22. The van der Waals surface area contributed by atoms with Crippen LogP contribution in [0.2, 0.25) is 0 Å². The van der Waals surface area contributed by atoms with Crippen molar-refractivity contribution in [1.82, 2.24) is 9.97 Å². The Morgan fingerprint density at radius 2 is 1.87 bits per heavy atom. The fourth-order valence-corrected chi connectivity index (χ4v) is 1.88. The van der Waals surface area contributed by atoms with Crippen LogP contribution in [0.5, 0.6) is 0 Å². The van der Waals surface area contributed by atoms with Crippen molar-refractivity contribution >= 4 is 6.08 Å². The molecule has 1 aliphatic rings. The second-order valence-corrected chi connectivity index (χ2v) is 3.56. The van der Waals surface area contributed by atoms with Gasteiger partial charge >= 0.3 is 0 Å². The van der Waals surface area contributed by atoms with Gasteiger partial charge in [-0.25, -0.2) is 9.97 Å². The SMILES string of the molecule is C1=Cc2c(ncnc2-c2ccccc2)C1. The first kappa shape index (κ1) is 8.36. The molecule has 15 heavy (non-hydrogen) atoms. The summed E-state index contributed by atoms with van der Waals surface area (Å²) in [5.41, 5.74) is 4.49. The molecule has 0 N–H and O–H groups in total. The third-order valence-corrected chi connectivity index (χ3v) is 2.61. The fourth-order valence-electron chi connectivity index (χ4n) is 1.88. The summed E-state index contributed by atoms with van der Waals surface area (Å²) < 4.78 is 0. The van der Waals surface area contributed by atoms with Crippen molar-refractivity contribution in [2.75, 3.05) is 0 Å². The summed E-state index contributed by atoms with van der Waals surface area (Å²) >= 11 is 0. The molecule has 3 rings (SSSR count). The summed E-state index contributed by atoms with van der Waals surface area (Å²) in [7, 11) is 0. The molecule has 0 bridgehead atoms. The molecule has 0 radical (unpaired) electrons. The van der Waals surface area contributed by atoms with Crippen LogP contribution >= 0.6 is 0 Å². The number of hydrogen-bond donors (Lipinski definition) is 0. The molecule has 0 fully saturated rings. The summed E-state index contributed by atoms with van der Waals surface area (Å²) in [5.74, 6) is 0. The highest BCUT2D eigenvalue weighted by atomic mass is 14.8. The predicted octanol–water partition coefficient (Wildman–Crippen LogP) is 2.71. The van der Waals surface area contributed by atoms with Gasteiger partial charge in [-0.1, -0.05) is 42.5 Å². The van der Waals surface area contributed by atoms with Gasteiger partial charge in [-0.2, -0.15) is 0 Å². The molecule has 1 aromatic carbocycles. The van der Waals surface area contributed by atoms with Crippen LogP contribution in [0.15, 0.2) is 42.7 Å². The Hall–Kier alpha value is -1.96. The van der Waals surface area contributed by atoms with Crippen LogP contribution < -0.4 is 0 Å². The highest BCUT2D eigenvalue weighted by Crippen LogP contribution is 2.27. The first-order valence-electron chi connectivity index (χ1n) is 5.01. The molecule has 2 aromatic rings. The summed E-state index contributed by atoms with van der Waals surface area (Å²) in [6, 6.07) is 10.2. The van der Waals surface area contributed by atoms with Gasteiger partial charge in [0, 0.05) is 17.5 Å². The standard InChI is InChI=1S/C13H10N2/c1-2-5-10(6-3-1)13-11-7-4-8-12(11)14-9-15-13/h1-7,9H,8H2. The molecular formula is C13H10N2. The van der Waals surface area contributed by atoms with Gasteiger partial charge in [-0.15, -0.1) is 0 Å². The quantitative estimate of drug-likeness (QED) is 0.697. The Bertz CT molecular complexity index is 515. The molecule has 72 valence electrons. The van der Waals surface area contributed by atoms with Gasteiger partial charge in [-0.3, -0.25) is 0 Å². The molecule has 2 nitrogen and oxygen atoms in total. The van der Waals surface area contributed by atoms with Crippen LogP contribution in [0.4, 0.5) is 0 Å². The highest BCUT2D eigenvalue weighted by Gasteiger charge is 2.12. The lowest BCUT2D eigenvalue weighted by molar-refractivity contribution is 1.06. The molecule has 0 spiro atoms. The first-order valence-corrected chi connectivity index (χ1v) is 5.01. The topological polar surface area (TPSA) is 25.8 Å². The minimum Gasteiger partial charge on any atom is -0.240 e. The first-order chi connectivity index (χ1) is 7.45. The van der Waals surface area contributed by atoms with E-state index in [2.05, 4.69) is 34.3 Å². The lowest BCUT2D eigenvalue weighted by atomic mass is 10.1. The molecule has 2 heteroatoms.